The number of ether oxygens (including phenoxy) is 1. The maximum absolute atomic E-state index is 13.4. The molecule has 0 N–H and O–H groups in total. The lowest BCUT2D eigenvalue weighted by molar-refractivity contribution is 0.0597. The number of aromatic nitrogens is 4. The van der Waals surface area contributed by atoms with Gasteiger partial charge in [-0.2, -0.15) is 0 Å². The van der Waals surface area contributed by atoms with Gasteiger partial charge in [-0.1, -0.05) is 29.8 Å². The second-order valence-corrected chi connectivity index (χ2v) is 9.81. The Morgan fingerprint density at radius 2 is 1.89 bits per heavy atom. The fraction of sp³-hybridized carbons (Fsp3) is 0.333. The summed E-state index contributed by atoms with van der Waals surface area (Å²) in [5.41, 5.74) is 3.46. The number of pyridine rings is 1. The van der Waals surface area contributed by atoms with Crippen molar-refractivity contribution in [3.63, 3.8) is 0 Å². The van der Waals surface area contributed by atoms with Crippen LogP contribution in [0.4, 0.5) is 0 Å². The van der Waals surface area contributed by atoms with Crippen molar-refractivity contribution in [2.75, 3.05) is 20.2 Å². The SMILES string of the molecule is COc1cccc(C(=O)N2CCC3CCC2CN3Cc2c(-c3ccc(Cl)cc3)nc3ncccn23)n1. The zero-order valence-electron chi connectivity index (χ0n) is 20.0. The van der Waals surface area contributed by atoms with E-state index in [1.165, 1.54) is 0 Å². The topological polar surface area (TPSA) is 75.9 Å². The summed E-state index contributed by atoms with van der Waals surface area (Å²) in [5.74, 6) is 1.11. The molecule has 3 fully saturated rings. The summed E-state index contributed by atoms with van der Waals surface area (Å²) < 4.78 is 7.31. The second-order valence-electron chi connectivity index (χ2n) is 9.37. The summed E-state index contributed by atoms with van der Waals surface area (Å²) in [6.07, 6.45) is 6.77. The molecule has 0 saturated carbocycles. The van der Waals surface area contributed by atoms with E-state index in [1.54, 1.807) is 25.4 Å². The predicted molar refractivity (Wildman–Crippen MR) is 137 cm³/mol. The molecule has 1 amide bonds. The van der Waals surface area contributed by atoms with E-state index in [1.807, 2.05) is 47.5 Å². The molecule has 3 aliphatic rings. The third-order valence-corrected chi connectivity index (χ3v) is 7.58. The molecule has 0 radical (unpaired) electrons. The minimum absolute atomic E-state index is 0.0257. The first kappa shape index (κ1) is 22.9. The Kier molecular flexibility index (Phi) is 6.07. The van der Waals surface area contributed by atoms with Crippen molar-refractivity contribution in [2.45, 2.75) is 37.9 Å². The molecule has 9 heteroatoms. The molecule has 4 aromatic rings. The number of benzene rings is 1. The molecule has 1 aromatic carbocycles. The number of piperidine rings is 1. The van der Waals surface area contributed by atoms with Crippen molar-refractivity contribution < 1.29 is 9.53 Å². The minimum atomic E-state index is -0.0257. The van der Waals surface area contributed by atoms with Gasteiger partial charge < -0.3 is 9.64 Å². The number of amides is 1. The molecule has 2 bridgehead atoms. The van der Waals surface area contributed by atoms with Gasteiger partial charge in [0.05, 0.1) is 18.5 Å². The van der Waals surface area contributed by atoms with Crippen LogP contribution >= 0.6 is 11.6 Å². The van der Waals surface area contributed by atoms with Gasteiger partial charge in [0.15, 0.2) is 0 Å². The van der Waals surface area contributed by atoms with Crippen molar-refractivity contribution in [3.8, 4) is 17.1 Å². The van der Waals surface area contributed by atoms with E-state index in [2.05, 4.69) is 19.3 Å². The molecule has 2 unspecified atom stereocenters. The number of nitrogens with zero attached hydrogens (tertiary/aromatic N) is 6. The maximum Gasteiger partial charge on any atom is 0.272 e. The molecule has 184 valence electrons. The Morgan fingerprint density at radius 1 is 1.06 bits per heavy atom. The number of methoxy groups -OCH3 is 1. The van der Waals surface area contributed by atoms with Gasteiger partial charge in [0.25, 0.3) is 5.91 Å². The number of hydrogen-bond donors (Lipinski definition) is 0. The Balaban J connectivity index is 1.29. The molecule has 3 saturated heterocycles. The van der Waals surface area contributed by atoms with E-state index in [-0.39, 0.29) is 11.9 Å². The van der Waals surface area contributed by atoms with Crippen molar-refractivity contribution in [1.82, 2.24) is 29.2 Å². The molecule has 2 atom stereocenters. The molecule has 0 aliphatic carbocycles. The highest BCUT2D eigenvalue weighted by molar-refractivity contribution is 6.30. The molecule has 7 rings (SSSR count). The van der Waals surface area contributed by atoms with Crippen LogP contribution in [0.15, 0.2) is 60.9 Å². The molecule has 3 aliphatic heterocycles. The quantitative estimate of drug-likeness (QED) is 0.404. The Hall–Kier alpha value is -3.49. The fourth-order valence-electron chi connectivity index (χ4n) is 5.50. The summed E-state index contributed by atoms with van der Waals surface area (Å²) in [4.78, 5) is 31.7. The molecule has 6 heterocycles. The summed E-state index contributed by atoms with van der Waals surface area (Å²) in [7, 11) is 1.57. The van der Waals surface area contributed by atoms with Crippen LogP contribution in [0.5, 0.6) is 5.88 Å². The largest absolute Gasteiger partial charge is 0.481 e. The lowest BCUT2D eigenvalue weighted by Crippen LogP contribution is -2.48. The normalized spacial score (nSPS) is 20.0. The zero-order chi connectivity index (χ0) is 24.6. The van der Waals surface area contributed by atoms with Crippen LogP contribution in [0, 0.1) is 0 Å². The van der Waals surface area contributed by atoms with Gasteiger partial charge >= 0.3 is 0 Å². The van der Waals surface area contributed by atoms with E-state index in [0.29, 0.717) is 28.4 Å². The van der Waals surface area contributed by atoms with E-state index in [0.717, 1.165) is 55.8 Å². The van der Waals surface area contributed by atoms with Gasteiger partial charge in [0.2, 0.25) is 11.7 Å². The first-order chi connectivity index (χ1) is 17.6. The summed E-state index contributed by atoms with van der Waals surface area (Å²) >= 11 is 6.14. The second kappa shape index (κ2) is 9.52. The van der Waals surface area contributed by atoms with Gasteiger partial charge in [-0.3, -0.25) is 14.1 Å². The number of rotatable bonds is 5. The smallest absolute Gasteiger partial charge is 0.272 e. The van der Waals surface area contributed by atoms with Crippen LogP contribution < -0.4 is 4.74 Å². The van der Waals surface area contributed by atoms with Crippen molar-refractivity contribution in [2.24, 2.45) is 0 Å². The Labute approximate surface area is 214 Å². The highest BCUT2D eigenvalue weighted by Crippen LogP contribution is 2.33. The monoisotopic (exact) mass is 502 g/mol. The van der Waals surface area contributed by atoms with E-state index >= 15 is 0 Å². The third-order valence-electron chi connectivity index (χ3n) is 7.32. The number of halogens is 1. The van der Waals surface area contributed by atoms with Crippen LogP contribution in [-0.4, -0.2) is 67.3 Å². The van der Waals surface area contributed by atoms with Crippen molar-refractivity contribution in [1.29, 1.82) is 0 Å². The molecule has 8 nitrogen and oxygen atoms in total. The van der Waals surface area contributed by atoms with Crippen molar-refractivity contribution >= 4 is 23.3 Å². The molecule has 36 heavy (non-hydrogen) atoms. The van der Waals surface area contributed by atoms with Crippen LogP contribution in [0.2, 0.25) is 5.02 Å². The summed E-state index contributed by atoms with van der Waals surface area (Å²) in [6, 6.07) is 15.6. The lowest BCUT2D eigenvalue weighted by Gasteiger charge is -2.38. The first-order valence-corrected chi connectivity index (χ1v) is 12.6. The van der Waals surface area contributed by atoms with Gasteiger partial charge in [-0.15, -0.1) is 0 Å². The fourth-order valence-corrected chi connectivity index (χ4v) is 5.63. The Morgan fingerprint density at radius 3 is 2.72 bits per heavy atom. The van der Waals surface area contributed by atoms with E-state index in [4.69, 9.17) is 21.3 Å². The first-order valence-electron chi connectivity index (χ1n) is 12.2. The van der Waals surface area contributed by atoms with Gasteiger partial charge in [0, 0.05) is 60.8 Å². The molecule has 3 aromatic heterocycles. The van der Waals surface area contributed by atoms with Crippen LogP contribution in [-0.2, 0) is 6.54 Å². The van der Waals surface area contributed by atoms with E-state index < -0.39 is 0 Å². The summed E-state index contributed by atoms with van der Waals surface area (Å²) in [6.45, 7) is 2.27. The predicted octanol–water partition coefficient (Wildman–Crippen LogP) is 4.33. The maximum atomic E-state index is 13.4. The number of carbonyl (C=O) groups excluding carboxylic acids is 1. The molecule has 0 spiro atoms. The van der Waals surface area contributed by atoms with Crippen LogP contribution in [0.25, 0.3) is 17.0 Å². The highest BCUT2D eigenvalue weighted by atomic mass is 35.5. The lowest BCUT2D eigenvalue weighted by atomic mass is 9.98. The Bertz CT molecular complexity index is 1410. The van der Waals surface area contributed by atoms with Gasteiger partial charge in [-0.25, -0.2) is 15.0 Å². The minimum Gasteiger partial charge on any atom is -0.481 e. The van der Waals surface area contributed by atoms with Gasteiger partial charge in [-0.05, 0) is 43.5 Å². The van der Waals surface area contributed by atoms with Crippen LogP contribution in [0.1, 0.15) is 35.4 Å². The van der Waals surface area contributed by atoms with Crippen molar-refractivity contribution in [3.05, 3.63) is 77.3 Å². The average molecular weight is 503 g/mol. The van der Waals surface area contributed by atoms with E-state index in [9.17, 15) is 4.79 Å². The number of fused-ring (bicyclic) bond motifs is 5. The number of carbonyl (C=O) groups is 1. The number of hydrogen-bond acceptors (Lipinski definition) is 6. The highest BCUT2D eigenvalue weighted by Gasteiger charge is 2.38. The number of imidazole rings is 1. The molecular weight excluding hydrogens is 476 g/mol. The zero-order valence-corrected chi connectivity index (χ0v) is 20.8. The van der Waals surface area contributed by atoms with Crippen LogP contribution in [0.3, 0.4) is 0 Å². The standard InChI is InChI=1S/C27H27ClN6O2/c1-36-24-5-2-4-22(30-24)26(35)33-15-12-20-10-11-21(33)16-32(20)17-23-25(18-6-8-19(28)9-7-18)31-27-29-13-3-14-34(23)27/h2-9,13-14,20-21H,10-12,15-17H2,1H3. The molecular formula is C27H27ClN6O2. The average Bonchev–Trinajstić information content (AvgIpc) is 3.04. The third kappa shape index (κ3) is 4.20. The van der Waals surface area contributed by atoms with Gasteiger partial charge in [0.1, 0.15) is 5.69 Å². The summed E-state index contributed by atoms with van der Waals surface area (Å²) in [5, 5.41) is 0.697.